The predicted octanol–water partition coefficient (Wildman–Crippen LogP) is 4.65. The Morgan fingerprint density at radius 2 is 2.00 bits per heavy atom. The first-order valence-electron chi connectivity index (χ1n) is 7.22. The van der Waals surface area contributed by atoms with Crippen molar-refractivity contribution >= 4 is 29.0 Å². The van der Waals surface area contributed by atoms with Gasteiger partial charge in [0, 0.05) is 22.9 Å². The molecule has 0 saturated carbocycles. The van der Waals surface area contributed by atoms with Crippen molar-refractivity contribution in [2.75, 3.05) is 6.54 Å². The number of nitrogens with two attached hydrogens (primary N) is 1. The quantitative estimate of drug-likeness (QED) is 0.720. The molecule has 0 amide bonds. The third-order valence-electron chi connectivity index (χ3n) is 3.50. The largest absolute Gasteiger partial charge is 0.330 e. The summed E-state index contributed by atoms with van der Waals surface area (Å²) >= 11 is 12.0. The first kappa shape index (κ1) is 17.5. The van der Waals surface area contributed by atoms with Crippen LogP contribution in [-0.2, 0) is 11.2 Å². The Balaban J connectivity index is 2.48. The van der Waals surface area contributed by atoms with E-state index in [1.54, 1.807) is 18.2 Å². The number of hydrogen-bond acceptors (Lipinski definition) is 2. The van der Waals surface area contributed by atoms with Gasteiger partial charge in [0.05, 0.1) is 0 Å². The van der Waals surface area contributed by atoms with Crippen LogP contribution in [0.2, 0.25) is 10.0 Å². The van der Waals surface area contributed by atoms with E-state index in [1.807, 2.05) is 0 Å². The van der Waals surface area contributed by atoms with E-state index >= 15 is 0 Å². The van der Waals surface area contributed by atoms with Crippen LogP contribution < -0.4 is 5.73 Å². The molecule has 0 radical (unpaired) electrons. The lowest BCUT2D eigenvalue weighted by molar-refractivity contribution is -0.118. The lowest BCUT2D eigenvalue weighted by Gasteiger charge is -2.14. The van der Waals surface area contributed by atoms with Gasteiger partial charge >= 0.3 is 0 Å². The van der Waals surface area contributed by atoms with E-state index in [1.165, 1.54) is 0 Å². The van der Waals surface area contributed by atoms with Crippen LogP contribution in [0.25, 0.3) is 0 Å². The minimum atomic E-state index is 0.215. The number of carbonyl (C=O) groups excluding carboxylic acids is 1. The van der Waals surface area contributed by atoms with E-state index in [0.717, 1.165) is 31.2 Å². The van der Waals surface area contributed by atoms with Gasteiger partial charge in [0.1, 0.15) is 5.78 Å². The van der Waals surface area contributed by atoms with Gasteiger partial charge in [-0.15, -0.1) is 0 Å². The Kier molecular flexibility index (Phi) is 8.20. The maximum atomic E-state index is 12.1. The lowest BCUT2D eigenvalue weighted by Crippen LogP contribution is -2.12. The molecule has 0 aliphatic heterocycles. The number of hydrogen-bond donors (Lipinski definition) is 1. The molecule has 112 valence electrons. The van der Waals surface area contributed by atoms with Gasteiger partial charge in [0.15, 0.2) is 0 Å². The zero-order valence-corrected chi connectivity index (χ0v) is 13.5. The Morgan fingerprint density at radius 1 is 1.25 bits per heavy atom. The second-order valence-electron chi connectivity index (χ2n) is 5.22. The van der Waals surface area contributed by atoms with Crippen molar-refractivity contribution in [2.24, 2.45) is 11.7 Å². The smallest absolute Gasteiger partial charge is 0.137 e. The highest BCUT2D eigenvalue weighted by Crippen LogP contribution is 2.23. The number of carbonyl (C=O) groups is 1. The molecule has 0 aliphatic rings. The van der Waals surface area contributed by atoms with Crippen LogP contribution in [0.5, 0.6) is 0 Å². The van der Waals surface area contributed by atoms with Crippen molar-refractivity contribution in [3.05, 3.63) is 33.8 Å². The van der Waals surface area contributed by atoms with Gasteiger partial charge in [-0.05, 0) is 49.1 Å². The second-order valence-corrected chi connectivity index (χ2v) is 6.07. The molecule has 1 rings (SSSR count). The molecular formula is C16H23Cl2NO. The van der Waals surface area contributed by atoms with Crippen LogP contribution in [0.4, 0.5) is 0 Å². The van der Waals surface area contributed by atoms with Crippen molar-refractivity contribution in [1.29, 1.82) is 0 Å². The van der Waals surface area contributed by atoms with Crippen molar-refractivity contribution in [2.45, 2.75) is 45.4 Å². The van der Waals surface area contributed by atoms with Crippen LogP contribution in [0.1, 0.15) is 44.6 Å². The summed E-state index contributed by atoms with van der Waals surface area (Å²) in [5, 5.41) is 1.22. The third-order valence-corrected chi connectivity index (χ3v) is 4.10. The molecule has 0 aliphatic carbocycles. The molecule has 4 heteroatoms. The Labute approximate surface area is 131 Å². The molecule has 1 atom stereocenters. The average molecular weight is 316 g/mol. The zero-order valence-electron chi connectivity index (χ0n) is 12.0. The number of rotatable bonds is 9. The minimum absolute atomic E-state index is 0.215. The molecule has 1 aromatic rings. The molecule has 0 fully saturated rings. The first-order valence-corrected chi connectivity index (χ1v) is 7.98. The van der Waals surface area contributed by atoms with E-state index in [9.17, 15) is 4.79 Å². The number of halogens is 2. The van der Waals surface area contributed by atoms with E-state index in [0.29, 0.717) is 35.3 Å². The van der Waals surface area contributed by atoms with Crippen LogP contribution in [0.3, 0.4) is 0 Å². The molecule has 0 heterocycles. The van der Waals surface area contributed by atoms with Gasteiger partial charge in [-0.25, -0.2) is 0 Å². The highest BCUT2D eigenvalue weighted by atomic mass is 35.5. The topological polar surface area (TPSA) is 43.1 Å². The van der Waals surface area contributed by atoms with Crippen molar-refractivity contribution < 1.29 is 4.79 Å². The molecule has 0 bridgehead atoms. The van der Waals surface area contributed by atoms with Crippen LogP contribution in [0.15, 0.2) is 18.2 Å². The van der Waals surface area contributed by atoms with Gasteiger partial charge < -0.3 is 5.73 Å². The standard InChI is InChI=1S/C16H23Cl2NO/c1-2-3-12(8-9-19)4-6-15(20)11-13-10-14(17)5-7-16(13)18/h5,7,10,12H,2-4,6,8-9,11,19H2,1H3. The molecule has 2 nitrogen and oxygen atoms in total. The molecule has 20 heavy (non-hydrogen) atoms. The molecule has 0 aromatic heterocycles. The van der Waals surface area contributed by atoms with Crippen LogP contribution in [0, 0.1) is 5.92 Å². The summed E-state index contributed by atoms with van der Waals surface area (Å²) in [6.07, 6.45) is 5.15. The minimum Gasteiger partial charge on any atom is -0.330 e. The van der Waals surface area contributed by atoms with Gasteiger partial charge in [-0.1, -0.05) is 43.0 Å². The summed E-state index contributed by atoms with van der Waals surface area (Å²) < 4.78 is 0. The van der Waals surface area contributed by atoms with Crippen molar-refractivity contribution in [3.8, 4) is 0 Å². The Hall–Kier alpha value is -0.570. The molecule has 1 unspecified atom stereocenters. The monoisotopic (exact) mass is 315 g/mol. The van der Waals surface area contributed by atoms with E-state index in [-0.39, 0.29) is 5.78 Å². The Bertz CT molecular complexity index is 428. The summed E-state index contributed by atoms with van der Waals surface area (Å²) in [6, 6.07) is 5.24. The molecule has 0 spiro atoms. The van der Waals surface area contributed by atoms with E-state index < -0.39 is 0 Å². The normalized spacial score (nSPS) is 12.4. The fraction of sp³-hybridized carbons (Fsp3) is 0.562. The summed E-state index contributed by atoms with van der Waals surface area (Å²) in [5.74, 6) is 0.774. The number of Topliss-reactive ketones (excluding diaryl/α,β-unsaturated/α-hetero) is 1. The lowest BCUT2D eigenvalue weighted by atomic mass is 9.92. The molecule has 0 saturated heterocycles. The SMILES string of the molecule is CCCC(CCN)CCC(=O)Cc1cc(Cl)ccc1Cl. The fourth-order valence-corrected chi connectivity index (χ4v) is 2.80. The molecular weight excluding hydrogens is 293 g/mol. The average Bonchev–Trinajstić information content (AvgIpc) is 2.41. The van der Waals surface area contributed by atoms with Crippen LogP contribution in [-0.4, -0.2) is 12.3 Å². The predicted molar refractivity (Wildman–Crippen MR) is 86.5 cm³/mol. The molecule has 2 N–H and O–H groups in total. The van der Waals surface area contributed by atoms with Gasteiger partial charge in [0.2, 0.25) is 0 Å². The van der Waals surface area contributed by atoms with E-state index in [4.69, 9.17) is 28.9 Å². The zero-order chi connectivity index (χ0) is 15.0. The highest BCUT2D eigenvalue weighted by Gasteiger charge is 2.12. The Morgan fingerprint density at radius 3 is 2.65 bits per heavy atom. The summed E-state index contributed by atoms with van der Waals surface area (Å²) in [4.78, 5) is 12.1. The maximum Gasteiger partial charge on any atom is 0.137 e. The maximum absolute atomic E-state index is 12.1. The molecule has 1 aromatic carbocycles. The first-order chi connectivity index (χ1) is 9.56. The third kappa shape index (κ3) is 6.25. The summed E-state index contributed by atoms with van der Waals surface area (Å²) in [7, 11) is 0. The number of benzene rings is 1. The number of ketones is 1. The van der Waals surface area contributed by atoms with Gasteiger partial charge in [-0.3, -0.25) is 4.79 Å². The summed E-state index contributed by atoms with van der Waals surface area (Å²) in [6.45, 7) is 2.86. The van der Waals surface area contributed by atoms with Crippen molar-refractivity contribution in [3.63, 3.8) is 0 Å². The van der Waals surface area contributed by atoms with E-state index in [2.05, 4.69) is 6.92 Å². The fourth-order valence-electron chi connectivity index (χ4n) is 2.42. The van der Waals surface area contributed by atoms with Gasteiger partial charge in [0.25, 0.3) is 0 Å². The summed E-state index contributed by atoms with van der Waals surface area (Å²) in [5.41, 5.74) is 6.42. The highest BCUT2D eigenvalue weighted by molar-refractivity contribution is 6.33. The van der Waals surface area contributed by atoms with Gasteiger partial charge in [-0.2, -0.15) is 0 Å². The second kappa shape index (κ2) is 9.38. The van der Waals surface area contributed by atoms with Crippen molar-refractivity contribution in [1.82, 2.24) is 0 Å². The van der Waals surface area contributed by atoms with Crippen LogP contribution >= 0.6 is 23.2 Å².